The van der Waals surface area contributed by atoms with Crippen molar-refractivity contribution in [2.45, 2.75) is 0 Å². The van der Waals surface area contributed by atoms with E-state index in [-0.39, 0.29) is 5.78 Å². The molecular weight excluding hydrogens is 168 g/mol. The van der Waals surface area contributed by atoms with Gasteiger partial charge in [-0.3, -0.25) is 9.48 Å². The molecular formula is C8H12N4O. The Morgan fingerprint density at radius 3 is 2.77 bits per heavy atom. The molecule has 1 heterocycles. The summed E-state index contributed by atoms with van der Waals surface area (Å²) in [7, 11) is 5.42. The van der Waals surface area contributed by atoms with E-state index in [0.29, 0.717) is 5.69 Å². The van der Waals surface area contributed by atoms with Crippen LogP contribution in [0.2, 0.25) is 0 Å². The summed E-state index contributed by atoms with van der Waals surface area (Å²) in [5, 5.41) is 7.35. The average molecular weight is 180 g/mol. The maximum absolute atomic E-state index is 11.3. The van der Waals surface area contributed by atoms with E-state index in [0.717, 1.165) is 0 Å². The van der Waals surface area contributed by atoms with E-state index < -0.39 is 0 Å². The first-order valence-electron chi connectivity index (χ1n) is 3.85. The van der Waals surface area contributed by atoms with Crippen LogP contribution in [0, 0.1) is 0 Å². The van der Waals surface area contributed by atoms with Crippen molar-refractivity contribution in [2.24, 2.45) is 7.05 Å². The number of hydrogen-bond donors (Lipinski definition) is 0. The monoisotopic (exact) mass is 180 g/mol. The molecule has 1 rings (SSSR count). The molecule has 13 heavy (non-hydrogen) atoms. The van der Waals surface area contributed by atoms with E-state index >= 15 is 0 Å². The molecule has 0 N–H and O–H groups in total. The van der Waals surface area contributed by atoms with Crippen LogP contribution in [0.3, 0.4) is 0 Å². The minimum absolute atomic E-state index is 0.137. The van der Waals surface area contributed by atoms with Gasteiger partial charge in [0, 0.05) is 33.4 Å². The predicted molar refractivity (Wildman–Crippen MR) is 48.2 cm³/mol. The molecule has 0 atom stereocenters. The van der Waals surface area contributed by atoms with Gasteiger partial charge in [0.1, 0.15) is 0 Å². The van der Waals surface area contributed by atoms with Crippen molar-refractivity contribution in [2.75, 3.05) is 14.1 Å². The van der Waals surface area contributed by atoms with Crippen molar-refractivity contribution in [3.05, 3.63) is 24.2 Å². The van der Waals surface area contributed by atoms with Crippen molar-refractivity contribution >= 4 is 5.78 Å². The molecule has 0 aliphatic carbocycles. The summed E-state index contributed by atoms with van der Waals surface area (Å²) < 4.78 is 1.50. The Hall–Kier alpha value is -1.65. The lowest BCUT2D eigenvalue weighted by atomic mass is 10.3. The second kappa shape index (κ2) is 3.84. The van der Waals surface area contributed by atoms with Crippen LogP contribution >= 0.6 is 0 Å². The van der Waals surface area contributed by atoms with E-state index in [2.05, 4.69) is 10.3 Å². The minimum Gasteiger partial charge on any atom is -0.383 e. The molecule has 0 bridgehead atoms. The van der Waals surface area contributed by atoms with E-state index in [1.807, 2.05) is 14.1 Å². The van der Waals surface area contributed by atoms with E-state index in [4.69, 9.17) is 0 Å². The highest BCUT2D eigenvalue weighted by Gasteiger charge is 2.05. The molecule has 1 aromatic heterocycles. The standard InChI is InChI=1S/C8H12N4O/c1-11(2)5-4-8(13)7-6-12(3)10-9-7/h4-6H,1-3H3. The van der Waals surface area contributed by atoms with Crippen LogP contribution in [0.15, 0.2) is 18.5 Å². The molecule has 1 aromatic rings. The van der Waals surface area contributed by atoms with Crippen LogP contribution in [0.1, 0.15) is 10.5 Å². The zero-order valence-electron chi connectivity index (χ0n) is 7.93. The van der Waals surface area contributed by atoms with E-state index in [1.165, 1.54) is 10.8 Å². The lowest BCUT2D eigenvalue weighted by Crippen LogP contribution is -2.03. The number of aryl methyl sites for hydroxylation is 1. The Labute approximate surface area is 76.6 Å². The Morgan fingerprint density at radius 1 is 1.62 bits per heavy atom. The molecule has 5 nitrogen and oxygen atoms in total. The highest BCUT2D eigenvalue weighted by Crippen LogP contribution is 1.94. The maximum atomic E-state index is 11.3. The Bertz CT molecular complexity index is 327. The highest BCUT2D eigenvalue weighted by atomic mass is 16.1. The zero-order chi connectivity index (χ0) is 9.84. The lowest BCUT2D eigenvalue weighted by Gasteiger charge is -2.01. The first kappa shape index (κ1) is 9.44. The molecule has 0 aliphatic heterocycles. The fraction of sp³-hybridized carbons (Fsp3) is 0.375. The maximum Gasteiger partial charge on any atom is 0.209 e. The van der Waals surface area contributed by atoms with Gasteiger partial charge in [-0.05, 0) is 0 Å². The van der Waals surface area contributed by atoms with Gasteiger partial charge in [-0.2, -0.15) is 0 Å². The molecule has 0 saturated carbocycles. The van der Waals surface area contributed by atoms with Gasteiger partial charge in [-0.1, -0.05) is 5.21 Å². The number of allylic oxidation sites excluding steroid dienone is 1. The second-order valence-corrected chi connectivity index (χ2v) is 2.92. The van der Waals surface area contributed by atoms with Crippen molar-refractivity contribution in [1.29, 1.82) is 0 Å². The second-order valence-electron chi connectivity index (χ2n) is 2.92. The van der Waals surface area contributed by atoms with Crippen LogP contribution in [0.4, 0.5) is 0 Å². The molecule has 0 amide bonds. The third-order valence-corrected chi connectivity index (χ3v) is 1.38. The zero-order valence-corrected chi connectivity index (χ0v) is 7.93. The summed E-state index contributed by atoms with van der Waals surface area (Å²) in [6.45, 7) is 0. The average Bonchev–Trinajstić information content (AvgIpc) is 2.47. The number of ketones is 1. The van der Waals surface area contributed by atoms with Gasteiger partial charge in [0.15, 0.2) is 5.69 Å². The lowest BCUT2D eigenvalue weighted by molar-refractivity contribution is 0.104. The molecule has 70 valence electrons. The summed E-state index contributed by atoms with van der Waals surface area (Å²) in [6, 6.07) is 0. The first-order chi connectivity index (χ1) is 6.09. The van der Waals surface area contributed by atoms with Gasteiger partial charge < -0.3 is 4.90 Å². The van der Waals surface area contributed by atoms with E-state index in [1.54, 1.807) is 24.3 Å². The molecule has 5 heteroatoms. The van der Waals surface area contributed by atoms with Crippen LogP contribution in [0.25, 0.3) is 0 Å². The topological polar surface area (TPSA) is 51.0 Å². The van der Waals surface area contributed by atoms with Gasteiger partial charge >= 0.3 is 0 Å². The van der Waals surface area contributed by atoms with Crippen LogP contribution in [-0.2, 0) is 7.05 Å². The Balaban J connectivity index is 2.69. The van der Waals surface area contributed by atoms with Gasteiger partial charge in [-0.15, -0.1) is 5.10 Å². The van der Waals surface area contributed by atoms with Crippen molar-refractivity contribution in [3.8, 4) is 0 Å². The highest BCUT2D eigenvalue weighted by molar-refractivity contribution is 6.02. The first-order valence-corrected chi connectivity index (χ1v) is 3.85. The summed E-state index contributed by atoms with van der Waals surface area (Å²) in [5.74, 6) is -0.137. The van der Waals surface area contributed by atoms with Gasteiger partial charge in [0.05, 0.1) is 6.20 Å². The molecule has 0 spiro atoms. The van der Waals surface area contributed by atoms with Crippen molar-refractivity contribution in [1.82, 2.24) is 19.9 Å². The number of hydrogen-bond acceptors (Lipinski definition) is 4. The van der Waals surface area contributed by atoms with E-state index in [9.17, 15) is 4.79 Å². The Morgan fingerprint density at radius 2 is 2.31 bits per heavy atom. The van der Waals surface area contributed by atoms with Gasteiger partial charge in [-0.25, -0.2) is 0 Å². The smallest absolute Gasteiger partial charge is 0.209 e. The number of rotatable bonds is 3. The quantitative estimate of drug-likeness (QED) is 0.488. The fourth-order valence-corrected chi connectivity index (χ4v) is 0.762. The summed E-state index contributed by atoms with van der Waals surface area (Å²) >= 11 is 0. The normalized spacial score (nSPS) is 10.7. The van der Waals surface area contributed by atoms with Crippen LogP contribution in [0.5, 0.6) is 0 Å². The Kier molecular flexibility index (Phi) is 2.79. The summed E-state index contributed by atoms with van der Waals surface area (Å²) in [5.41, 5.74) is 0.362. The number of carbonyl (C=O) groups is 1. The number of nitrogens with zero attached hydrogens (tertiary/aromatic N) is 4. The van der Waals surface area contributed by atoms with Gasteiger partial charge in [0.25, 0.3) is 0 Å². The molecule has 0 saturated heterocycles. The summed E-state index contributed by atoms with van der Waals surface area (Å²) in [4.78, 5) is 13.1. The van der Waals surface area contributed by atoms with Crippen LogP contribution in [-0.4, -0.2) is 39.8 Å². The number of carbonyl (C=O) groups excluding carboxylic acids is 1. The van der Waals surface area contributed by atoms with Crippen LogP contribution < -0.4 is 0 Å². The number of aromatic nitrogens is 3. The minimum atomic E-state index is -0.137. The molecule has 0 fully saturated rings. The van der Waals surface area contributed by atoms with Crippen molar-refractivity contribution in [3.63, 3.8) is 0 Å². The fourth-order valence-electron chi connectivity index (χ4n) is 0.762. The molecule has 0 aromatic carbocycles. The molecule has 0 radical (unpaired) electrons. The SMILES string of the molecule is CN(C)C=CC(=O)c1cn(C)nn1. The van der Waals surface area contributed by atoms with Gasteiger partial charge in [0.2, 0.25) is 5.78 Å². The largest absolute Gasteiger partial charge is 0.383 e. The molecule has 0 aliphatic rings. The van der Waals surface area contributed by atoms with Crippen molar-refractivity contribution < 1.29 is 4.79 Å². The summed E-state index contributed by atoms with van der Waals surface area (Å²) in [6.07, 6.45) is 4.73. The third kappa shape index (κ3) is 2.70. The third-order valence-electron chi connectivity index (χ3n) is 1.38. The predicted octanol–water partition coefficient (Wildman–Crippen LogP) is 0.0731. The molecule has 0 unspecified atom stereocenters.